The zero-order valence-corrected chi connectivity index (χ0v) is 16.9. The van der Waals surface area contributed by atoms with Crippen LogP contribution in [0.1, 0.15) is 33.2 Å². The Kier molecular flexibility index (Phi) is 5.88. The fraction of sp³-hybridized carbons (Fsp3) is 0.316. The van der Waals surface area contributed by atoms with Gasteiger partial charge in [0, 0.05) is 22.6 Å². The molecule has 0 spiro atoms. The molecule has 0 saturated heterocycles. The lowest BCUT2D eigenvalue weighted by Crippen LogP contribution is -2.05. The predicted octanol–water partition coefficient (Wildman–Crippen LogP) is 4.62. The van der Waals surface area contributed by atoms with E-state index in [1.54, 1.807) is 11.8 Å². The van der Waals surface area contributed by atoms with Crippen molar-refractivity contribution in [1.29, 1.82) is 0 Å². The van der Waals surface area contributed by atoms with Gasteiger partial charge in [0.2, 0.25) is 5.89 Å². The minimum Gasteiger partial charge on any atom is -0.415 e. The molecule has 136 valence electrons. The highest BCUT2D eigenvalue weighted by atomic mass is 32.2. The minimum atomic E-state index is 0.0617. The number of carbonyl (C=O) groups excluding carboxylic acids is 1. The highest BCUT2D eigenvalue weighted by Crippen LogP contribution is 2.24. The van der Waals surface area contributed by atoms with Gasteiger partial charge in [0.15, 0.2) is 5.78 Å². The smallest absolute Gasteiger partial charge is 0.277 e. The summed E-state index contributed by atoms with van der Waals surface area (Å²) in [4.78, 5) is 12.7. The normalized spacial score (nSPS) is 11.1. The number of ketones is 1. The van der Waals surface area contributed by atoms with Gasteiger partial charge in [-0.2, -0.15) is 11.8 Å². The molecule has 0 N–H and O–H groups in total. The summed E-state index contributed by atoms with van der Waals surface area (Å²) in [5, 5.41) is 8.38. The van der Waals surface area contributed by atoms with Gasteiger partial charge in [0.05, 0.1) is 11.5 Å². The van der Waals surface area contributed by atoms with E-state index >= 15 is 0 Å². The predicted molar refractivity (Wildman–Crippen MR) is 107 cm³/mol. The van der Waals surface area contributed by atoms with Crippen molar-refractivity contribution in [2.75, 3.05) is 12.0 Å². The Bertz CT molecular complexity index is 931. The number of Topliss-reactive ketones (excluding diaryl/α,β-unsaturated/α-hetero) is 1. The molecule has 2 aromatic heterocycles. The van der Waals surface area contributed by atoms with Crippen LogP contribution in [0.2, 0.25) is 0 Å². The third kappa shape index (κ3) is 4.04. The van der Waals surface area contributed by atoms with E-state index < -0.39 is 0 Å². The van der Waals surface area contributed by atoms with Crippen molar-refractivity contribution in [2.45, 2.75) is 31.7 Å². The number of hydrogen-bond donors (Lipinski definition) is 0. The van der Waals surface area contributed by atoms with Gasteiger partial charge in [0.1, 0.15) is 0 Å². The Labute approximate surface area is 161 Å². The fourth-order valence-electron chi connectivity index (χ4n) is 2.89. The maximum absolute atomic E-state index is 12.7. The van der Waals surface area contributed by atoms with Gasteiger partial charge in [-0.15, -0.1) is 10.2 Å². The first kappa shape index (κ1) is 18.8. The number of benzene rings is 1. The van der Waals surface area contributed by atoms with Crippen LogP contribution in [0, 0.1) is 20.8 Å². The Morgan fingerprint density at radius 2 is 2.00 bits per heavy atom. The molecule has 3 aromatic rings. The highest BCUT2D eigenvalue weighted by molar-refractivity contribution is 7.99. The Balaban J connectivity index is 1.76. The van der Waals surface area contributed by atoms with E-state index in [2.05, 4.69) is 39.9 Å². The largest absolute Gasteiger partial charge is 0.415 e. The Hall–Kier alpha value is -1.99. The molecule has 5 nitrogen and oxygen atoms in total. The van der Waals surface area contributed by atoms with Crippen molar-refractivity contribution in [1.82, 2.24) is 14.8 Å². The molecule has 0 bridgehead atoms. The molecule has 0 amide bonds. The van der Waals surface area contributed by atoms with Crippen LogP contribution in [-0.4, -0.2) is 32.6 Å². The van der Waals surface area contributed by atoms with Crippen molar-refractivity contribution >= 4 is 29.3 Å². The number of rotatable bonds is 7. The van der Waals surface area contributed by atoms with E-state index in [0.717, 1.165) is 22.6 Å². The molecule has 0 unspecified atom stereocenters. The second-order valence-corrected chi connectivity index (χ2v) is 7.86. The molecular weight excluding hydrogens is 366 g/mol. The molecule has 7 heteroatoms. The maximum atomic E-state index is 12.7. The van der Waals surface area contributed by atoms with E-state index in [9.17, 15) is 4.79 Å². The van der Waals surface area contributed by atoms with Crippen LogP contribution < -0.4 is 0 Å². The van der Waals surface area contributed by atoms with Gasteiger partial charge in [0.25, 0.3) is 5.22 Å². The molecule has 3 rings (SSSR count). The van der Waals surface area contributed by atoms with Crippen LogP contribution >= 0.6 is 23.5 Å². The van der Waals surface area contributed by atoms with Crippen LogP contribution in [0.4, 0.5) is 0 Å². The van der Waals surface area contributed by atoms with E-state index in [1.165, 1.54) is 17.3 Å². The first-order valence-electron chi connectivity index (χ1n) is 8.23. The van der Waals surface area contributed by atoms with Crippen molar-refractivity contribution in [2.24, 2.45) is 0 Å². The number of nitrogens with zero attached hydrogens (tertiary/aromatic N) is 3. The summed E-state index contributed by atoms with van der Waals surface area (Å²) in [5.74, 6) is 1.61. The number of aryl methyl sites for hydroxylation is 2. The third-order valence-corrected chi connectivity index (χ3v) is 5.39. The molecule has 0 saturated carbocycles. The zero-order valence-electron chi connectivity index (χ0n) is 15.3. The second kappa shape index (κ2) is 8.14. The lowest BCUT2D eigenvalue weighted by Gasteiger charge is -2.10. The number of carbonyl (C=O) groups is 1. The zero-order chi connectivity index (χ0) is 18.7. The molecule has 0 aliphatic heterocycles. The quantitative estimate of drug-likeness (QED) is 0.435. The first-order chi connectivity index (χ1) is 12.5. The summed E-state index contributed by atoms with van der Waals surface area (Å²) in [6.45, 7) is 6.07. The summed E-state index contributed by atoms with van der Waals surface area (Å²) in [6.07, 6.45) is 1.98. The van der Waals surface area contributed by atoms with Crippen LogP contribution in [0.15, 0.2) is 40.0 Å². The average Bonchev–Trinajstić information content (AvgIpc) is 3.17. The van der Waals surface area contributed by atoms with E-state index in [-0.39, 0.29) is 11.5 Å². The lowest BCUT2D eigenvalue weighted by molar-refractivity contribution is 0.102. The Morgan fingerprint density at radius 1 is 1.19 bits per heavy atom. The molecule has 0 atom stereocenters. The highest BCUT2D eigenvalue weighted by Gasteiger charge is 2.18. The van der Waals surface area contributed by atoms with Crippen LogP contribution in [0.25, 0.3) is 5.69 Å². The maximum Gasteiger partial charge on any atom is 0.277 e. The number of hydrogen-bond acceptors (Lipinski definition) is 6. The molecular formula is C19H21N3O2S2. The van der Waals surface area contributed by atoms with Gasteiger partial charge in [-0.05, 0) is 50.8 Å². The van der Waals surface area contributed by atoms with Crippen molar-refractivity contribution in [3.63, 3.8) is 0 Å². The molecule has 0 fully saturated rings. The van der Waals surface area contributed by atoms with Gasteiger partial charge in [-0.3, -0.25) is 4.79 Å². The topological polar surface area (TPSA) is 60.9 Å². The summed E-state index contributed by atoms with van der Waals surface area (Å²) < 4.78 is 7.63. The first-order valence-corrected chi connectivity index (χ1v) is 10.6. The number of aromatic nitrogens is 3. The SMILES string of the molecule is CSCc1nnc(SCC(=O)c2cc(C)n(-c3cccc(C)c3)c2C)o1. The van der Waals surface area contributed by atoms with E-state index in [1.807, 2.05) is 32.2 Å². The molecule has 0 radical (unpaired) electrons. The van der Waals surface area contributed by atoms with Crippen LogP contribution in [-0.2, 0) is 5.75 Å². The van der Waals surface area contributed by atoms with Crippen LogP contribution in [0.3, 0.4) is 0 Å². The molecule has 26 heavy (non-hydrogen) atoms. The molecule has 0 aliphatic carbocycles. The Morgan fingerprint density at radius 3 is 2.73 bits per heavy atom. The second-order valence-electron chi connectivity index (χ2n) is 6.07. The van der Waals surface area contributed by atoms with Crippen molar-refractivity contribution < 1.29 is 9.21 Å². The van der Waals surface area contributed by atoms with Crippen molar-refractivity contribution in [3.8, 4) is 5.69 Å². The minimum absolute atomic E-state index is 0.0617. The third-order valence-electron chi connectivity index (χ3n) is 4.03. The summed E-state index contributed by atoms with van der Waals surface area (Å²) in [5.41, 5.74) is 5.00. The van der Waals surface area contributed by atoms with Gasteiger partial charge in [-0.1, -0.05) is 23.9 Å². The summed E-state index contributed by atoms with van der Waals surface area (Å²) >= 11 is 2.90. The monoisotopic (exact) mass is 387 g/mol. The van der Waals surface area contributed by atoms with Gasteiger partial charge >= 0.3 is 0 Å². The molecule has 1 aromatic carbocycles. The average molecular weight is 388 g/mol. The molecule has 2 heterocycles. The van der Waals surface area contributed by atoms with E-state index in [0.29, 0.717) is 16.9 Å². The lowest BCUT2D eigenvalue weighted by atomic mass is 10.2. The molecule has 0 aliphatic rings. The standard InChI is InChI=1S/C19H21N3O2S2/c1-12-6-5-7-15(8-12)22-13(2)9-16(14(22)3)17(23)10-26-19-21-20-18(24-19)11-25-4/h5-9H,10-11H2,1-4H3. The summed E-state index contributed by atoms with van der Waals surface area (Å²) in [7, 11) is 0. The summed E-state index contributed by atoms with van der Waals surface area (Å²) in [6, 6.07) is 10.2. The van der Waals surface area contributed by atoms with Gasteiger partial charge in [-0.25, -0.2) is 0 Å². The van der Waals surface area contributed by atoms with Gasteiger partial charge < -0.3 is 8.98 Å². The number of thioether (sulfide) groups is 2. The fourth-order valence-corrected chi connectivity index (χ4v) is 3.92. The van der Waals surface area contributed by atoms with Crippen LogP contribution in [0.5, 0.6) is 0 Å². The van der Waals surface area contributed by atoms with E-state index in [4.69, 9.17) is 4.42 Å². The van der Waals surface area contributed by atoms with Crippen molar-refractivity contribution in [3.05, 3.63) is 58.7 Å².